The van der Waals surface area contributed by atoms with Crippen LogP contribution in [0.25, 0.3) is 0 Å². The number of benzene rings is 1. The Kier molecular flexibility index (Phi) is 4.22. The first-order valence-electron chi connectivity index (χ1n) is 6.14. The summed E-state index contributed by atoms with van der Waals surface area (Å²) in [4.78, 5) is 11.8. The highest BCUT2D eigenvalue weighted by Crippen LogP contribution is 2.17. The molecular weight excluding hydrogens is 240 g/mol. The Balaban J connectivity index is 1.88. The van der Waals surface area contributed by atoms with Gasteiger partial charge in [-0.1, -0.05) is 24.1 Å². The molecule has 4 nitrogen and oxygen atoms in total. The highest BCUT2D eigenvalue weighted by molar-refractivity contribution is 5.89. The lowest BCUT2D eigenvalue weighted by Gasteiger charge is -2.13. The van der Waals surface area contributed by atoms with Crippen molar-refractivity contribution in [2.75, 3.05) is 11.9 Å². The second kappa shape index (κ2) is 6.07. The van der Waals surface area contributed by atoms with Gasteiger partial charge in [0.05, 0.1) is 0 Å². The molecule has 0 saturated carbocycles. The van der Waals surface area contributed by atoms with Gasteiger partial charge in [-0.3, -0.25) is 0 Å². The molecule has 0 bridgehead atoms. The molecule has 0 aromatic heterocycles. The summed E-state index contributed by atoms with van der Waals surface area (Å²) in [6.07, 6.45) is 9.85. The zero-order valence-corrected chi connectivity index (χ0v) is 10.5. The third-order valence-electron chi connectivity index (χ3n) is 3.01. The first-order valence-corrected chi connectivity index (χ1v) is 6.14. The van der Waals surface area contributed by atoms with Crippen molar-refractivity contribution in [3.63, 3.8) is 0 Å². The first-order chi connectivity index (χ1) is 9.21. The summed E-state index contributed by atoms with van der Waals surface area (Å²) >= 11 is 0. The molecule has 4 heteroatoms. The number of carbonyl (C=O) groups excluding carboxylic acids is 1. The minimum atomic E-state index is -0.276. The standard InChI is InChI=1S/C15H16N2O2/c1-2-11-4-3-5-13(8-11)16-15(19)17-14-7-6-12(9-14)10-18/h1,3-8,12,14,18H,9-10H2,(H2,16,17,19)/t12-,14+/m0/s1. The molecular formula is C15H16N2O2. The van der Waals surface area contributed by atoms with E-state index in [2.05, 4.69) is 16.6 Å². The number of aliphatic hydroxyl groups is 1. The Morgan fingerprint density at radius 2 is 2.32 bits per heavy atom. The van der Waals surface area contributed by atoms with E-state index in [0.29, 0.717) is 5.69 Å². The van der Waals surface area contributed by atoms with Crippen molar-refractivity contribution in [2.24, 2.45) is 5.92 Å². The Bertz CT molecular complexity index is 531. The maximum Gasteiger partial charge on any atom is 0.319 e. The molecule has 0 aliphatic heterocycles. The van der Waals surface area contributed by atoms with E-state index in [1.54, 1.807) is 24.3 Å². The van der Waals surface area contributed by atoms with E-state index >= 15 is 0 Å². The van der Waals surface area contributed by atoms with Crippen LogP contribution >= 0.6 is 0 Å². The number of urea groups is 1. The number of rotatable bonds is 3. The Hall–Kier alpha value is -2.25. The molecule has 0 unspecified atom stereocenters. The van der Waals surface area contributed by atoms with Gasteiger partial charge in [-0.15, -0.1) is 6.42 Å². The van der Waals surface area contributed by atoms with Crippen molar-refractivity contribution in [1.29, 1.82) is 0 Å². The Morgan fingerprint density at radius 3 is 3.00 bits per heavy atom. The average Bonchev–Trinajstić information content (AvgIpc) is 2.86. The topological polar surface area (TPSA) is 61.4 Å². The number of aliphatic hydroxyl groups excluding tert-OH is 1. The minimum Gasteiger partial charge on any atom is -0.396 e. The summed E-state index contributed by atoms with van der Waals surface area (Å²) in [6.45, 7) is 0.112. The molecule has 3 N–H and O–H groups in total. The van der Waals surface area contributed by atoms with Crippen LogP contribution in [0.3, 0.4) is 0 Å². The predicted molar refractivity (Wildman–Crippen MR) is 74.7 cm³/mol. The summed E-state index contributed by atoms with van der Waals surface area (Å²) in [6, 6.07) is 6.80. The number of carbonyl (C=O) groups is 1. The van der Waals surface area contributed by atoms with E-state index in [0.717, 1.165) is 12.0 Å². The van der Waals surface area contributed by atoms with Crippen molar-refractivity contribution in [2.45, 2.75) is 12.5 Å². The maximum atomic E-state index is 11.8. The zero-order chi connectivity index (χ0) is 13.7. The molecule has 2 rings (SSSR count). The molecule has 1 aliphatic carbocycles. The molecule has 1 aromatic rings. The predicted octanol–water partition coefficient (Wildman–Crippen LogP) is 1.73. The Labute approximate surface area is 112 Å². The Morgan fingerprint density at radius 1 is 1.47 bits per heavy atom. The maximum absolute atomic E-state index is 11.8. The number of amides is 2. The summed E-state index contributed by atoms with van der Waals surface area (Å²) in [5.74, 6) is 2.65. The van der Waals surface area contributed by atoms with Crippen LogP contribution in [-0.2, 0) is 0 Å². The SMILES string of the molecule is C#Cc1cccc(NC(=O)N[C@@H]2C=C[C@H](CO)C2)c1. The largest absolute Gasteiger partial charge is 0.396 e. The van der Waals surface area contributed by atoms with Crippen LogP contribution in [0.15, 0.2) is 36.4 Å². The summed E-state index contributed by atoms with van der Waals surface area (Å²) < 4.78 is 0. The van der Waals surface area contributed by atoms with Gasteiger partial charge in [0.25, 0.3) is 0 Å². The number of hydrogen-bond donors (Lipinski definition) is 3. The highest BCUT2D eigenvalue weighted by atomic mass is 16.3. The molecule has 0 fully saturated rings. The molecule has 98 valence electrons. The molecule has 19 heavy (non-hydrogen) atoms. The van der Waals surface area contributed by atoms with Crippen LogP contribution in [0, 0.1) is 18.3 Å². The van der Waals surface area contributed by atoms with E-state index in [4.69, 9.17) is 11.5 Å². The van der Waals surface area contributed by atoms with Crippen molar-refractivity contribution < 1.29 is 9.90 Å². The van der Waals surface area contributed by atoms with Crippen molar-refractivity contribution in [3.05, 3.63) is 42.0 Å². The van der Waals surface area contributed by atoms with E-state index in [9.17, 15) is 4.79 Å². The third-order valence-corrected chi connectivity index (χ3v) is 3.01. The molecule has 0 spiro atoms. The minimum absolute atomic E-state index is 0.0343. The lowest BCUT2D eigenvalue weighted by molar-refractivity contribution is 0.238. The van der Waals surface area contributed by atoms with Gasteiger partial charge >= 0.3 is 6.03 Å². The van der Waals surface area contributed by atoms with Gasteiger partial charge in [0.2, 0.25) is 0 Å². The smallest absolute Gasteiger partial charge is 0.319 e. The van der Waals surface area contributed by atoms with E-state index < -0.39 is 0 Å². The van der Waals surface area contributed by atoms with E-state index in [-0.39, 0.29) is 24.6 Å². The van der Waals surface area contributed by atoms with E-state index in [1.807, 2.05) is 12.2 Å². The van der Waals surface area contributed by atoms with Crippen LogP contribution in [-0.4, -0.2) is 23.8 Å². The van der Waals surface area contributed by atoms with Crippen molar-refractivity contribution in [1.82, 2.24) is 5.32 Å². The lowest BCUT2D eigenvalue weighted by Crippen LogP contribution is -2.36. The second-order valence-electron chi connectivity index (χ2n) is 4.49. The zero-order valence-electron chi connectivity index (χ0n) is 10.5. The summed E-state index contributed by atoms with van der Waals surface area (Å²) in [5, 5.41) is 14.6. The summed E-state index contributed by atoms with van der Waals surface area (Å²) in [7, 11) is 0. The van der Waals surface area contributed by atoms with Crippen LogP contribution in [0.2, 0.25) is 0 Å². The second-order valence-corrected chi connectivity index (χ2v) is 4.49. The van der Waals surface area contributed by atoms with Crippen molar-refractivity contribution >= 4 is 11.7 Å². The number of anilines is 1. The molecule has 2 atom stereocenters. The van der Waals surface area contributed by atoms with Gasteiger partial charge in [-0.2, -0.15) is 0 Å². The fraction of sp³-hybridized carbons (Fsp3) is 0.267. The molecule has 0 heterocycles. The van der Waals surface area contributed by atoms with Gasteiger partial charge in [0.15, 0.2) is 0 Å². The fourth-order valence-electron chi connectivity index (χ4n) is 2.04. The van der Waals surface area contributed by atoms with Gasteiger partial charge < -0.3 is 15.7 Å². The molecule has 2 amide bonds. The van der Waals surface area contributed by atoms with Crippen LogP contribution in [0.1, 0.15) is 12.0 Å². The van der Waals surface area contributed by atoms with Crippen LogP contribution in [0.4, 0.5) is 10.5 Å². The van der Waals surface area contributed by atoms with Gasteiger partial charge in [0, 0.05) is 29.8 Å². The number of nitrogens with one attached hydrogen (secondary N) is 2. The lowest BCUT2D eigenvalue weighted by atomic mass is 10.1. The van der Waals surface area contributed by atoms with Crippen molar-refractivity contribution in [3.8, 4) is 12.3 Å². The van der Waals surface area contributed by atoms with Crippen LogP contribution < -0.4 is 10.6 Å². The normalized spacial score (nSPS) is 20.8. The molecule has 0 saturated heterocycles. The van der Waals surface area contributed by atoms with Gasteiger partial charge in [0.1, 0.15) is 0 Å². The molecule has 1 aliphatic rings. The molecule has 0 radical (unpaired) electrons. The average molecular weight is 256 g/mol. The van der Waals surface area contributed by atoms with Gasteiger partial charge in [-0.05, 0) is 24.6 Å². The van der Waals surface area contributed by atoms with E-state index in [1.165, 1.54) is 0 Å². The quantitative estimate of drug-likeness (QED) is 0.569. The third kappa shape index (κ3) is 3.60. The number of terminal acetylenes is 1. The molecule has 1 aromatic carbocycles. The number of hydrogen-bond acceptors (Lipinski definition) is 2. The highest BCUT2D eigenvalue weighted by Gasteiger charge is 2.19. The monoisotopic (exact) mass is 256 g/mol. The first kappa shape index (κ1) is 13.2. The fourth-order valence-corrected chi connectivity index (χ4v) is 2.04. The van der Waals surface area contributed by atoms with Gasteiger partial charge in [-0.25, -0.2) is 4.79 Å². The summed E-state index contributed by atoms with van der Waals surface area (Å²) in [5.41, 5.74) is 1.38. The van der Waals surface area contributed by atoms with Crippen LogP contribution in [0.5, 0.6) is 0 Å².